The second-order valence-corrected chi connectivity index (χ2v) is 6.00. The Hall–Kier alpha value is -1.17. The van der Waals surface area contributed by atoms with Crippen LogP contribution in [0.3, 0.4) is 0 Å². The molecule has 0 amide bonds. The average Bonchev–Trinajstić information content (AvgIpc) is 2.98. The summed E-state index contributed by atoms with van der Waals surface area (Å²) in [5.41, 5.74) is 0. The molecule has 0 radical (unpaired) electrons. The minimum atomic E-state index is 0.295. The molecule has 0 saturated carbocycles. The van der Waals surface area contributed by atoms with Crippen LogP contribution in [0.1, 0.15) is 4.88 Å². The number of thiophene rings is 2. The molecule has 0 aliphatic rings. The van der Waals surface area contributed by atoms with Crippen LogP contribution < -0.4 is 5.32 Å². The van der Waals surface area contributed by atoms with Crippen LogP contribution in [0.25, 0.3) is 10.2 Å². The van der Waals surface area contributed by atoms with E-state index < -0.39 is 0 Å². The Balaban J connectivity index is 1.75. The minimum Gasteiger partial charge on any atom is -0.369 e. The smallest absolute Gasteiger partial charge is 0.225 e. The SMILES string of the molecule is Clc1nc(NCCc2cccs2)c2ccsc2n1. The molecule has 0 spiro atoms. The first-order valence-electron chi connectivity index (χ1n) is 5.50. The van der Waals surface area contributed by atoms with Gasteiger partial charge in [0.05, 0.1) is 5.39 Å². The van der Waals surface area contributed by atoms with Gasteiger partial charge in [-0.25, -0.2) is 9.97 Å². The molecule has 0 atom stereocenters. The van der Waals surface area contributed by atoms with Gasteiger partial charge in [0.15, 0.2) is 0 Å². The third kappa shape index (κ3) is 2.48. The summed E-state index contributed by atoms with van der Waals surface area (Å²) in [7, 11) is 0. The molecule has 3 aromatic rings. The monoisotopic (exact) mass is 295 g/mol. The number of nitrogens with zero attached hydrogens (tertiary/aromatic N) is 2. The van der Waals surface area contributed by atoms with Crippen molar-refractivity contribution in [2.24, 2.45) is 0 Å². The highest BCUT2D eigenvalue weighted by Crippen LogP contribution is 2.26. The van der Waals surface area contributed by atoms with Gasteiger partial charge in [-0.05, 0) is 40.9 Å². The first-order chi connectivity index (χ1) is 8.83. The van der Waals surface area contributed by atoms with Crippen molar-refractivity contribution in [3.63, 3.8) is 0 Å². The van der Waals surface area contributed by atoms with Crippen LogP contribution in [0.5, 0.6) is 0 Å². The molecule has 0 aliphatic carbocycles. The van der Waals surface area contributed by atoms with Gasteiger partial charge < -0.3 is 5.32 Å². The van der Waals surface area contributed by atoms with Gasteiger partial charge in [-0.3, -0.25) is 0 Å². The van der Waals surface area contributed by atoms with E-state index in [0.29, 0.717) is 5.28 Å². The maximum atomic E-state index is 5.91. The van der Waals surface area contributed by atoms with E-state index in [4.69, 9.17) is 11.6 Å². The van der Waals surface area contributed by atoms with E-state index in [-0.39, 0.29) is 0 Å². The van der Waals surface area contributed by atoms with E-state index in [1.54, 1.807) is 22.7 Å². The van der Waals surface area contributed by atoms with Crippen LogP contribution in [-0.4, -0.2) is 16.5 Å². The predicted molar refractivity (Wildman–Crippen MR) is 78.9 cm³/mol. The standard InChI is InChI=1S/C12H10ClN3S2/c13-12-15-10(9-4-7-18-11(9)16-12)14-5-3-8-2-1-6-17-8/h1-2,4,6-7H,3,5H2,(H,14,15,16). The normalized spacial score (nSPS) is 10.9. The van der Waals surface area contributed by atoms with E-state index in [0.717, 1.165) is 29.0 Å². The second-order valence-electron chi connectivity index (χ2n) is 3.74. The lowest BCUT2D eigenvalue weighted by atomic mass is 10.3. The number of aromatic nitrogens is 2. The summed E-state index contributed by atoms with van der Waals surface area (Å²) in [6.45, 7) is 0.846. The van der Waals surface area contributed by atoms with Gasteiger partial charge in [0.25, 0.3) is 0 Å². The summed E-state index contributed by atoms with van der Waals surface area (Å²) < 4.78 is 0. The van der Waals surface area contributed by atoms with Crippen LogP contribution >= 0.6 is 34.3 Å². The molecule has 18 heavy (non-hydrogen) atoms. The highest BCUT2D eigenvalue weighted by molar-refractivity contribution is 7.16. The molecule has 0 unspecified atom stereocenters. The molecular formula is C12H10ClN3S2. The number of hydrogen-bond donors (Lipinski definition) is 1. The first-order valence-corrected chi connectivity index (χ1v) is 7.63. The highest BCUT2D eigenvalue weighted by atomic mass is 35.5. The number of anilines is 1. The maximum absolute atomic E-state index is 5.91. The minimum absolute atomic E-state index is 0.295. The third-order valence-electron chi connectivity index (χ3n) is 2.54. The maximum Gasteiger partial charge on any atom is 0.225 e. The van der Waals surface area contributed by atoms with Gasteiger partial charge in [-0.1, -0.05) is 6.07 Å². The Kier molecular flexibility index (Phi) is 3.45. The van der Waals surface area contributed by atoms with Gasteiger partial charge in [0, 0.05) is 11.4 Å². The number of nitrogens with one attached hydrogen (secondary N) is 1. The van der Waals surface area contributed by atoms with Crippen molar-refractivity contribution in [3.05, 3.63) is 39.1 Å². The summed E-state index contributed by atoms with van der Waals surface area (Å²) in [6, 6.07) is 6.22. The molecule has 0 saturated heterocycles. The van der Waals surface area contributed by atoms with Crippen molar-refractivity contribution >= 4 is 50.3 Å². The van der Waals surface area contributed by atoms with Gasteiger partial charge in [-0.15, -0.1) is 22.7 Å². The molecule has 0 fully saturated rings. The summed E-state index contributed by atoms with van der Waals surface area (Å²) in [4.78, 5) is 10.7. The van der Waals surface area contributed by atoms with Crippen LogP contribution in [0, 0.1) is 0 Å². The van der Waals surface area contributed by atoms with Crippen molar-refractivity contribution in [3.8, 4) is 0 Å². The van der Waals surface area contributed by atoms with Gasteiger partial charge in [0.1, 0.15) is 10.6 Å². The zero-order valence-electron chi connectivity index (χ0n) is 9.39. The van der Waals surface area contributed by atoms with Crippen LogP contribution in [0.2, 0.25) is 5.28 Å². The Morgan fingerprint density at radius 3 is 2.94 bits per heavy atom. The van der Waals surface area contributed by atoms with E-state index >= 15 is 0 Å². The molecule has 92 valence electrons. The fraction of sp³-hybridized carbons (Fsp3) is 0.167. The van der Waals surface area contributed by atoms with Gasteiger partial charge in [-0.2, -0.15) is 0 Å². The lowest BCUT2D eigenvalue weighted by Gasteiger charge is -2.06. The van der Waals surface area contributed by atoms with Crippen molar-refractivity contribution in [1.29, 1.82) is 0 Å². The molecule has 6 heteroatoms. The molecule has 3 rings (SSSR count). The Morgan fingerprint density at radius 2 is 2.11 bits per heavy atom. The molecule has 0 aromatic carbocycles. The molecule has 3 nitrogen and oxygen atoms in total. The molecule has 0 aliphatic heterocycles. The zero-order chi connectivity index (χ0) is 12.4. The van der Waals surface area contributed by atoms with Crippen molar-refractivity contribution < 1.29 is 0 Å². The Morgan fingerprint density at radius 1 is 1.17 bits per heavy atom. The van der Waals surface area contributed by atoms with Gasteiger partial charge >= 0.3 is 0 Å². The first kappa shape index (κ1) is 11.9. The number of halogens is 1. The van der Waals surface area contributed by atoms with Crippen molar-refractivity contribution in [2.45, 2.75) is 6.42 Å². The molecule has 1 N–H and O–H groups in total. The number of rotatable bonds is 4. The molecular weight excluding hydrogens is 286 g/mol. The van der Waals surface area contributed by atoms with E-state index in [2.05, 4.69) is 32.8 Å². The van der Waals surface area contributed by atoms with Crippen molar-refractivity contribution in [1.82, 2.24) is 9.97 Å². The molecule has 3 heterocycles. The highest BCUT2D eigenvalue weighted by Gasteiger charge is 2.07. The summed E-state index contributed by atoms with van der Waals surface area (Å²) in [5, 5.41) is 8.75. The second kappa shape index (κ2) is 5.22. The molecule has 0 bridgehead atoms. The number of hydrogen-bond acceptors (Lipinski definition) is 5. The van der Waals surface area contributed by atoms with E-state index in [1.807, 2.05) is 11.4 Å². The van der Waals surface area contributed by atoms with Crippen LogP contribution in [0.4, 0.5) is 5.82 Å². The topological polar surface area (TPSA) is 37.8 Å². The van der Waals surface area contributed by atoms with Crippen LogP contribution in [0.15, 0.2) is 29.0 Å². The number of fused-ring (bicyclic) bond motifs is 1. The lowest BCUT2D eigenvalue weighted by molar-refractivity contribution is 1.03. The zero-order valence-corrected chi connectivity index (χ0v) is 11.8. The fourth-order valence-electron chi connectivity index (χ4n) is 1.72. The fourth-order valence-corrected chi connectivity index (χ4v) is 3.42. The Bertz CT molecular complexity index is 648. The summed E-state index contributed by atoms with van der Waals surface area (Å²) in [6.07, 6.45) is 0.991. The summed E-state index contributed by atoms with van der Waals surface area (Å²) in [5.74, 6) is 0.822. The quantitative estimate of drug-likeness (QED) is 0.738. The van der Waals surface area contributed by atoms with E-state index in [1.165, 1.54) is 4.88 Å². The summed E-state index contributed by atoms with van der Waals surface area (Å²) >= 11 is 9.25. The van der Waals surface area contributed by atoms with E-state index in [9.17, 15) is 0 Å². The third-order valence-corrected chi connectivity index (χ3v) is 4.45. The largest absolute Gasteiger partial charge is 0.369 e. The lowest BCUT2D eigenvalue weighted by Crippen LogP contribution is -2.06. The predicted octanol–water partition coefficient (Wildman–Crippen LogP) is 4.06. The van der Waals surface area contributed by atoms with Gasteiger partial charge in [0.2, 0.25) is 5.28 Å². The van der Waals surface area contributed by atoms with Crippen molar-refractivity contribution in [2.75, 3.05) is 11.9 Å². The van der Waals surface area contributed by atoms with Crippen LogP contribution in [-0.2, 0) is 6.42 Å². The Labute approximate surface area is 117 Å². The average molecular weight is 296 g/mol. The molecule has 3 aromatic heterocycles.